The molecule has 0 bridgehead atoms. The maximum absolute atomic E-state index is 14.9. The van der Waals surface area contributed by atoms with Gasteiger partial charge in [0, 0.05) is 19.1 Å². The summed E-state index contributed by atoms with van der Waals surface area (Å²) in [7, 11) is 2.86. The van der Waals surface area contributed by atoms with E-state index in [2.05, 4.69) is 20.6 Å². The first-order chi connectivity index (χ1) is 17.3. The molecule has 194 valence electrons. The zero-order chi connectivity index (χ0) is 25.4. The Bertz CT molecular complexity index is 1120. The van der Waals surface area contributed by atoms with Gasteiger partial charge in [-0.2, -0.15) is 13.8 Å². The third kappa shape index (κ3) is 4.94. The average molecular weight is 503 g/mol. The summed E-state index contributed by atoms with van der Waals surface area (Å²) in [5.74, 6) is -3.81. The number of alkyl halides is 2. The van der Waals surface area contributed by atoms with Crippen LogP contribution in [-0.4, -0.2) is 59.7 Å². The lowest BCUT2D eigenvalue weighted by atomic mass is 9.94. The van der Waals surface area contributed by atoms with Gasteiger partial charge in [-0.15, -0.1) is 0 Å². The molecule has 1 aromatic heterocycles. The first-order valence-corrected chi connectivity index (χ1v) is 12.5. The number of carbonyl (C=O) groups excluding carboxylic acids is 1. The van der Waals surface area contributed by atoms with Gasteiger partial charge in [-0.1, -0.05) is 25.3 Å². The number of methoxy groups -OCH3 is 1. The number of aliphatic hydroxyl groups is 1. The number of ether oxygens (including phenoxy) is 1. The fourth-order valence-electron chi connectivity index (χ4n) is 4.95. The van der Waals surface area contributed by atoms with Crippen LogP contribution in [0.4, 0.5) is 31.9 Å². The molecule has 1 aliphatic heterocycles. The molecule has 0 saturated heterocycles. The highest BCUT2D eigenvalue weighted by Crippen LogP contribution is 2.40. The molecule has 0 radical (unpaired) electrons. The number of carbonyl (C=O) groups is 1. The minimum absolute atomic E-state index is 0.125. The van der Waals surface area contributed by atoms with Crippen LogP contribution in [0.15, 0.2) is 24.4 Å². The Morgan fingerprint density at radius 1 is 1.19 bits per heavy atom. The number of anilines is 4. The average Bonchev–Trinajstić information content (AvgIpc) is 3.71. The number of benzene rings is 1. The van der Waals surface area contributed by atoms with Crippen LogP contribution in [0.2, 0.25) is 0 Å². The molecule has 3 N–H and O–H groups in total. The van der Waals surface area contributed by atoms with E-state index in [0.717, 1.165) is 49.8 Å². The van der Waals surface area contributed by atoms with Crippen molar-refractivity contribution in [1.82, 2.24) is 15.3 Å². The molecule has 1 amide bonds. The van der Waals surface area contributed by atoms with Crippen LogP contribution < -0.4 is 25.2 Å². The number of rotatable bonds is 7. The monoisotopic (exact) mass is 502 g/mol. The molecule has 5 rings (SSSR count). The zero-order valence-electron chi connectivity index (χ0n) is 20.5. The largest absolute Gasteiger partial charge is 0.495 e. The molecule has 3 aliphatic rings. The van der Waals surface area contributed by atoms with Gasteiger partial charge in [-0.05, 0) is 43.4 Å². The van der Waals surface area contributed by atoms with Gasteiger partial charge in [-0.25, -0.2) is 4.98 Å². The van der Waals surface area contributed by atoms with Crippen molar-refractivity contribution in [2.45, 2.75) is 69.2 Å². The van der Waals surface area contributed by atoms with Crippen LogP contribution in [0.3, 0.4) is 0 Å². The number of fused-ring (bicyclic) bond motifs is 1. The normalized spacial score (nSPS) is 21.1. The molecular weight excluding hydrogens is 470 g/mol. The molecule has 1 atom stereocenters. The molecule has 2 fully saturated rings. The van der Waals surface area contributed by atoms with Crippen LogP contribution in [0.25, 0.3) is 0 Å². The SMILES string of the molecule is COc1cc(C(O)NC2CC2)ccc1Nc1ncc2c(n1)N(C1CCCCC1)CC(F)(F)C(=O)N2C. The maximum atomic E-state index is 14.9. The standard InChI is InChI=1S/C25H32F2N6O3/c1-32-19-13-28-24(30-18-11-8-15(12-20(18)36-2)22(34)29-16-9-10-16)31-21(19)33(14-25(26,27)23(32)35)17-6-4-3-5-7-17/h8,11-13,16-17,22,29,34H,3-7,9-10,14H2,1-2H3,(H,28,30,31). The Labute approximate surface area is 208 Å². The van der Waals surface area contributed by atoms with Gasteiger partial charge in [0.15, 0.2) is 5.82 Å². The lowest BCUT2D eigenvalue weighted by molar-refractivity contribution is -0.140. The highest BCUT2D eigenvalue weighted by atomic mass is 19.3. The van der Waals surface area contributed by atoms with Gasteiger partial charge in [0.05, 0.1) is 25.5 Å². The third-order valence-electron chi connectivity index (χ3n) is 7.14. The molecule has 2 aliphatic carbocycles. The predicted molar refractivity (Wildman–Crippen MR) is 132 cm³/mol. The molecule has 1 unspecified atom stereocenters. The fraction of sp³-hybridized carbons (Fsp3) is 0.560. The number of hydrogen-bond acceptors (Lipinski definition) is 8. The van der Waals surface area contributed by atoms with Crippen LogP contribution in [0.1, 0.15) is 56.7 Å². The van der Waals surface area contributed by atoms with Crippen LogP contribution >= 0.6 is 0 Å². The quantitative estimate of drug-likeness (QED) is 0.493. The van der Waals surface area contributed by atoms with E-state index in [4.69, 9.17) is 4.74 Å². The number of aliphatic hydroxyl groups excluding tert-OH is 1. The minimum Gasteiger partial charge on any atom is -0.495 e. The molecular formula is C25H32F2N6O3. The Kier molecular flexibility index (Phi) is 6.69. The van der Waals surface area contributed by atoms with Crippen molar-refractivity contribution in [3.05, 3.63) is 30.0 Å². The number of aromatic nitrogens is 2. The first-order valence-electron chi connectivity index (χ1n) is 12.5. The Morgan fingerprint density at radius 2 is 1.94 bits per heavy atom. The first kappa shape index (κ1) is 24.6. The van der Waals surface area contributed by atoms with Gasteiger partial charge in [0.25, 0.3) is 5.91 Å². The van der Waals surface area contributed by atoms with Gasteiger partial charge in [0.1, 0.15) is 17.7 Å². The Hall–Kier alpha value is -3.05. The summed E-state index contributed by atoms with van der Waals surface area (Å²) in [5.41, 5.74) is 1.48. The maximum Gasteiger partial charge on any atom is 0.342 e. The van der Waals surface area contributed by atoms with E-state index in [0.29, 0.717) is 28.9 Å². The molecule has 2 aromatic rings. The van der Waals surface area contributed by atoms with E-state index in [1.807, 2.05) is 0 Å². The minimum atomic E-state index is -3.53. The summed E-state index contributed by atoms with van der Waals surface area (Å²) < 4.78 is 35.3. The zero-order valence-corrected chi connectivity index (χ0v) is 20.5. The fourth-order valence-corrected chi connectivity index (χ4v) is 4.95. The predicted octanol–water partition coefficient (Wildman–Crippen LogP) is 3.72. The molecule has 11 heteroatoms. The Balaban J connectivity index is 1.46. The molecule has 36 heavy (non-hydrogen) atoms. The van der Waals surface area contributed by atoms with Gasteiger partial charge in [-0.3, -0.25) is 10.1 Å². The van der Waals surface area contributed by atoms with Crippen molar-refractivity contribution in [2.24, 2.45) is 0 Å². The van der Waals surface area contributed by atoms with Gasteiger partial charge in [0.2, 0.25) is 5.95 Å². The van der Waals surface area contributed by atoms with E-state index >= 15 is 0 Å². The van der Waals surface area contributed by atoms with Crippen molar-refractivity contribution in [1.29, 1.82) is 0 Å². The molecule has 1 aromatic carbocycles. The second kappa shape index (κ2) is 9.78. The second-order valence-corrected chi connectivity index (χ2v) is 9.82. The van der Waals surface area contributed by atoms with Crippen molar-refractivity contribution in [3.8, 4) is 5.75 Å². The van der Waals surface area contributed by atoms with E-state index < -0.39 is 24.6 Å². The number of hydrogen-bond donors (Lipinski definition) is 3. The van der Waals surface area contributed by atoms with Crippen molar-refractivity contribution < 1.29 is 23.4 Å². The summed E-state index contributed by atoms with van der Waals surface area (Å²) >= 11 is 0. The number of nitrogens with zero attached hydrogens (tertiary/aromatic N) is 4. The lowest BCUT2D eigenvalue weighted by Crippen LogP contribution is -2.49. The molecule has 2 heterocycles. The van der Waals surface area contributed by atoms with Gasteiger partial charge >= 0.3 is 5.92 Å². The van der Waals surface area contributed by atoms with E-state index in [1.165, 1.54) is 20.4 Å². The highest BCUT2D eigenvalue weighted by molar-refractivity contribution is 6.02. The van der Waals surface area contributed by atoms with Gasteiger partial charge < -0.3 is 25.0 Å². The number of nitrogens with one attached hydrogen (secondary N) is 2. The third-order valence-corrected chi connectivity index (χ3v) is 7.14. The van der Waals surface area contributed by atoms with Crippen LogP contribution in [0.5, 0.6) is 5.75 Å². The van der Waals surface area contributed by atoms with Crippen molar-refractivity contribution in [2.75, 3.05) is 35.8 Å². The molecule has 0 spiro atoms. The van der Waals surface area contributed by atoms with Crippen LogP contribution in [0, 0.1) is 0 Å². The topological polar surface area (TPSA) is 103 Å². The smallest absolute Gasteiger partial charge is 0.342 e. The molecule has 9 nitrogen and oxygen atoms in total. The summed E-state index contributed by atoms with van der Waals surface area (Å²) in [6, 6.07) is 5.47. The molecule has 2 saturated carbocycles. The Morgan fingerprint density at radius 3 is 2.64 bits per heavy atom. The summed E-state index contributed by atoms with van der Waals surface area (Å²) in [6.07, 6.45) is 7.22. The summed E-state index contributed by atoms with van der Waals surface area (Å²) in [5, 5.41) is 16.7. The summed E-state index contributed by atoms with van der Waals surface area (Å²) in [6.45, 7) is -0.714. The summed E-state index contributed by atoms with van der Waals surface area (Å²) in [4.78, 5) is 24.0. The van der Waals surface area contributed by atoms with Crippen LogP contribution in [-0.2, 0) is 4.79 Å². The number of halogens is 2. The van der Waals surface area contributed by atoms with Crippen molar-refractivity contribution in [3.63, 3.8) is 0 Å². The van der Waals surface area contributed by atoms with E-state index in [-0.39, 0.29) is 17.7 Å². The lowest BCUT2D eigenvalue weighted by Gasteiger charge is -2.35. The van der Waals surface area contributed by atoms with E-state index in [9.17, 15) is 18.7 Å². The second-order valence-electron chi connectivity index (χ2n) is 9.82. The van der Waals surface area contributed by atoms with E-state index in [1.54, 1.807) is 23.1 Å². The highest BCUT2D eigenvalue weighted by Gasteiger charge is 2.48. The van der Waals surface area contributed by atoms with Crippen molar-refractivity contribution >= 4 is 29.0 Å². The number of amides is 1.